The molecule has 1 amide bonds. The second-order valence-electron chi connectivity index (χ2n) is 12.6. The molecule has 4 aliphatic rings. The quantitative estimate of drug-likeness (QED) is 0.398. The van der Waals surface area contributed by atoms with Crippen LogP contribution in [0.15, 0.2) is 0 Å². The summed E-state index contributed by atoms with van der Waals surface area (Å²) in [6, 6.07) is 0. The van der Waals surface area contributed by atoms with E-state index in [-0.39, 0.29) is 41.4 Å². The highest BCUT2D eigenvalue weighted by Gasteiger charge is 2.62. The van der Waals surface area contributed by atoms with Crippen LogP contribution in [0.25, 0.3) is 0 Å². The molecule has 34 heavy (non-hydrogen) atoms. The lowest BCUT2D eigenvalue weighted by Crippen LogP contribution is -2.58. The van der Waals surface area contributed by atoms with Gasteiger partial charge in [-0.15, -0.1) is 0 Å². The molecule has 196 valence electrons. The average Bonchev–Trinajstić information content (AvgIpc) is 3.10. The van der Waals surface area contributed by atoms with Crippen molar-refractivity contribution in [3.05, 3.63) is 0 Å². The number of aliphatic hydroxyl groups is 2. The fourth-order valence-electron chi connectivity index (χ4n) is 9.22. The Kier molecular flexibility index (Phi) is 7.47. The Balaban J connectivity index is 1.38. The number of amides is 1. The number of aliphatic hydroxyl groups excluding tert-OH is 2. The smallest absolute Gasteiger partial charge is 0.266 e. The van der Waals surface area contributed by atoms with Crippen molar-refractivity contribution in [2.24, 2.45) is 46.3 Å². The normalized spacial score (nSPS) is 45.1. The van der Waals surface area contributed by atoms with Gasteiger partial charge in [-0.05, 0) is 104 Å². The molecule has 0 bridgehead atoms. The van der Waals surface area contributed by atoms with Crippen LogP contribution in [-0.2, 0) is 14.9 Å². The summed E-state index contributed by atoms with van der Waals surface area (Å²) in [7, 11) is -4.06. The topological polar surface area (TPSA) is 124 Å². The third-order valence-corrected chi connectivity index (χ3v) is 11.6. The van der Waals surface area contributed by atoms with Crippen LogP contribution >= 0.6 is 0 Å². The number of carbonyl (C=O) groups is 1. The van der Waals surface area contributed by atoms with Gasteiger partial charge in [0.1, 0.15) is 0 Å². The minimum absolute atomic E-state index is 0.0581. The van der Waals surface area contributed by atoms with Gasteiger partial charge >= 0.3 is 0 Å². The van der Waals surface area contributed by atoms with Crippen molar-refractivity contribution >= 4 is 16.0 Å². The maximum Gasteiger partial charge on any atom is 0.266 e. The minimum Gasteiger partial charge on any atom is -0.393 e. The van der Waals surface area contributed by atoms with Crippen LogP contribution in [-0.4, -0.2) is 53.6 Å². The molecule has 0 aromatic carbocycles. The predicted octanol–water partition coefficient (Wildman–Crippen LogP) is 3.40. The summed E-state index contributed by atoms with van der Waals surface area (Å²) in [6.45, 7) is 7.05. The second kappa shape index (κ2) is 9.64. The van der Waals surface area contributed by atoms with Crippen LogP contribution in [0.5, 0.6) is 0 Å². The van der Waals surface area contributed by atoms with Gasteiger partial charge in [0.05, 0.1) is 18.0 Å². The van der Waals surface area contributed by atoms with E-state index < -0.39 is 15.9 Å². The fourth-order valence-corrected chi connectivity index (χ4v) is 9.58. The molecule has 0 aliphatic heterocycles. The van der Waals surface area contributed by atoms with Crippen LogP contribution in [0.2, 0.25) is 0 Å². The molecule has 0 unspecified atom stereocenters. The molecule has 8 heteroatoms. The Labute approximate surface area is 205 Å². The largest absolute Gasteiger partial charge is 0.393 e. The van der Waals surface area contributed by atoms with E-state index in [0.29, 0.717) is 36.0 Å². The molecule has 4 rings (SSSR count). The van der Waals surface area contributed by atoms with Crippen LogP contribution in [0.4, 0.5) is 0 Å². The van der Waals surface area contributed by atoms with Crippen molar-refractivity contribution in [3.63, 3.8) is 0 Å². The zero-order chi connectivity index (χ0) is 24.9. The maximum absolute atomic E-state index is 12.2. The summed E-state index contributed by atoms with van der Waals surface area (Å²) < 4.78 is 30.5. The molecule has 0 spiro atoms. The van der Waals surface area contributed by atoms with E-state index in [1.165, 1.54) is 25.7 Å². The van der Waals surface area contributed by atoms with E-state index >= 15 is 0 Å². The van der Waals surface area contributed by atoms with Gasteiger partial charge in [0, 0.05) is 13.0 Å². The summed E-state index contributed by atoms with van der Waals surface area (Å²) in [6.07, 6.45) is 8.84. The number of hydrogen-bond acceptors (Lipinski definition) is 5. The molecule has 4 fully saturated rings. The summed E-state index contributed by atoms with van der Waals surface area (Å²) in [4.78, 5) is 12.2. The fraction of sp³-hybridized carbons (Fsp3) is 0.962. The molecular weight excluding hydrogens is 454 g/mol. The Morgan fingerprint density at radius 2 is 1.68 bits per heavy atom. The highest BCUT2D eigenvalue weighted by molar-refractivity contribution is 7.85. The van der Waals surface area contributed by atoms with E-state index in [1.54, 1.807) is 0 Å². The summed E-state index contributed by atoms with van der Waals surface area (Å²) >= 11 is 0. The van der Waals surface area contributed by atoms with Gasteiger partial charge in [-0.1, -0.05) is 20.8 Å². The molecule has 0 aromatic heterocycles. The lowest BCUT2D eigenvalue weighted by atomic mass is 9.44. The van der Waals surface area contributed by atoms with Gasteiger partial charge in [0.2, 0.25) is 5.91 Å². The molecule has 4 saturated carbocycles. The van der Waals surface area contributed by atoms with Crippen LogP contribution in [0.3, 0.4) is 0 Å². The highest BCUT2D eigenvalue weighted by Crippen LogP contribution is 2.68. The van der Waals surface area contributed by atoms with Gasteiger partial charge in [0.15, 0.2) is 0 Å². The SMILES string of the molecule is C[C@H](CCC(=O)NCCS(=O)(=O)O)[C@H]1CC[C@H]2[C@@H]3C[C@@H](O)[C@@H]4C[C@H](O)CC[C@]4(C)[C@H]3CC[C@]12C. The third kappa shape index (κ3) is 4.94. The van der Waals surface area contributed by atoms with Crippen LogP contribution < -0.4 is 5.32 Å². The maximum atomic E-state index is 12.2. The number of rotatable bonds is 7. The zero-order valence-corrected chi connectivity index (χ0v) is 21.9. The van der Waals surface area contributed by atoms with E-state index in [2.05, 4.69) is 26.1 Å². The summed E-state index contributed by atoms with van der Waals surface area (Å²) in [5.74, 6) is 2.36. The predicted molar refractivity (Wildman–Crippen MR) is 130 cm³/mol. The Hall–Kier alpha value is -0.700. The van der Waals surface area contributed by atoms with Crippen LogP contribution in [0.1, 0.15) is 85.0 Å². The van der Waals surface area contributed by atoms with Crippen molar-refractivity contribution < 1.29 is 28.0 Å². The Morgan fingerprint density at radius 1 is 1.00 bits per heavy atom. The first-order valence-electron chi connectivity index (χ1n) is 13.4. The molecule has 0 saturated heterocycles. The van der Waals surface area contributed by atoms with Crippen molar-refractivity contribution in [1.82, 2.24) is 5.32 Å². The third-order valence-electron chi connectivity index (χ3n) is 10.9. The van der Waals surface area contributed by atoms with E-state index in [1.807, 2.05) is 0 Å². The molecule has 0 heterocycles. The number of fused-ring (bicyclic) bond motifs is 5. The Morgan fingerprint density at radius 3 is 2.38 bits per heavy atom. The molecule has 4 aliphatic carbocycles. The number of nitrogens with one attached hydrogen (secondary N) is 1. The van der Waals surface area contributed by atoms with Crippen molar-refractivity contribution in [2.75, 3.05) is 12.3 Å². The highest BCUT2D eigenvalue weighted by atomic mass is 32.2. The molecular formula is C26H45NO6S. The van der Waals surface area contributed by atoms with Crippen molar-refractivity contribution in [3.8, 4) is 0 Å². The molecule has 0 radical (unpaired) electrons. The van der Waals surface area contributed by atoms with Gasteiger partial charge in [0.25, 0.3) is 10.1 Å². The number of carbonyl (C=O) groups excluding carboxylic acids is 1. The number of hydrogen-bond donors (Lipinski definition) is 4. The zero-order valence-electron chi connectivity index (χ0n) is 21.1. The first-order chi connectivity index (χ1) is 15.8. The average molecular weight is 500 g/mol. The monoisotopic (exact) mass is 499 g/mol. The van der Waals surface area contributed by atoms with Crippen molar-refractivity contribution in [2.45, 2.75) is 97.2 Å². The Bertz CT molecular complexity index is 863. The van der Waals surface area contributed by atoms with E-state index in [9.17, 15) is 23.4 Å². The molecule has 4 N–H and O–H groups in total. The molecule has 0 aromatic rings. The first kappa shape index (κ1) is 26.4. The lowest BCUT2D eigenvalue weighted by molar-refractivity contribution is -0.172. The second-order valence-corrected chi connectivity index (χ2v) is 14.2. The van der Waals surface area contributed by atoms with E-state index in [4.69, 9.17) is 4.55 Å². The van der Waals surface area contributed by atoms with Gasteiger partial charge < -0.3 is 15.5 Å². The molecule has 7 nitrogen and oxygen atoms in total. The summed E-state index contributed by atoms with van der Waals surface area (Å²) in [5, 5.41) is 24.0. The van der Waals surface area contributed by atoms with Gasteiger partial charge in [-0.3, -0.25) is 9.35 Å². The first-order valence-corrected chi connectivity index (χ1v) is 15.0. The van der Waals surface area contributed by atoms with Gasteiger partial charge in [-0.2, -0.15) is 8.42 Å². The minimum atomic E-state index is -4.06. The van der Waals surface area contributed by atoms with Crippen LogP contribution in [0, 0.1) is 46.3 Å². The van der Waals surface area contributed by atoms with E-state index in [0.717, 1.165) is 32.1 Å². The van der Waals surface area contributed by atoms with Gasteiger partial charge in [-0.25, -0.2) is 0 Å². The van der Waals surface area contributed by atoms with Crippen molar-refractivity contribution in [1.29, 1.82) is 0 Å². The molecule has 10 atom stereocenters. The lowest BCUT2D eigenvalue weighted by Gasteiger charge is -2.62. The summed E-state index contributed by atoms with van der Waals surface area (Å²) in [5.41, 5.74) is 0.367. The standard InChI is InChI=1S/C26H45NO6S/c1-16(4-7-24(30)27-12-13-34(31,32)33)19-5-6-20-18-15-23(29)22-14-17(28)8-10-26(22,3)21(18)9-11-25(19,20)2/h16-23,28-29H,4-15H2,1-3H3,(H,27,30)(H,31,32,33)/t16-,17-,18+,19-,20+,21+,22+,23-,25-,26-/m1/s1.